The van der Waals surface area contributed by atoms with E-state index in [9.17, 15) is 27.6 Å². The van der Waals surface area contributed by atoms with Crippen molar-refractivity contribution < 1.29 is 32.3 Å². The van der Waals surface area contributed by atoms with E-state index in [2.05, 4.69) is 5.32 Å². The summed E-state index contributed by atoms with van der Waals surface area (Å²) in [6.45, 7) is 0.950. The molecule has 0 aliphatic heterocycles. The van der Waals surface area contributed by atoms with Gasteiger partial charge in [0.1, 0.15) is 5.00 Å². The zero-order chi connectivity index (χ0) is 24.4. The van der Waals surface area contributed by atoms with Crippen LogP contribution >= 0.6 is 22.9 Å². The van der Waals surface area contributed by atoms with Crippen LogP contribution in [0.1, 0.15) is 50.9 Å². The fraction of sp³-hybridized carbons (Fsp3) is 0.381. The molecule has 0 fully saturated rings. The predicted octanol–water partition coefficient (Wildman–Crippen LogP) is 4.04. The highest BCUT2D eigenvalue weighted by atomic mass is 35.5. The van der Waals surface area contributed by atoms with E-state index >= 15 is 0 Å². The average molecular weight is 504 g/mol. The van der Waals surface area contributed by atoms with Crippen molar-refractivity contribution in [2.75, 3.05) is 11.9 Å². The average Bonchev–Trinajstić information content (AvgIpc) is 3.10. The number of esters is 1. The molecular weight excluding hydrogens is 483 g/mol. The number of carbonyl (C=O) groups excluding carboxylic acids is 3. The standard InChI is InChI=1S/C21H21ClF3N3O4S/c1-2-32-19(31)20(21(23,24)25,27-17(30)11-6-5-7-12(22)10-11)28-18-15(16(26)29)13-8-3-4-9-14(13)33-18/h5-7,10,28H,2-4,8-9H2,1H3,(H2,26,29)(H,27,30)/t20-/m0/s1. The lowest BCUT2D eigenvalue weighted by Crippen LogP contribution is -2.69. The van der Waals surface area contributed by atoms with Crippen molar-refractivity contribution in [3.63, 3.8) is 0 Å². The Kier molecular flexibility index (Phi) is 7.23. The fourth-order valence-corrected chi connectivity index (χ4v) is 5.13. The van der Waals surface area contributed by atoms with Crippen LogP contribution in [0.3, 0.4) is 0 Å². The summed E-state index contributed by atoms with van der Waals surface area (Å²) in [5.41, 5.74) is 2.03. The number of nitrogens with two attached hydrogens (primary N) is 1. The smallest absolute Gasteiger partial charge is 0.441 e. The molecule has 2 amide bonds. The molecule has 178 valence electrons. The number of amides is 2. The number of carbonyl (C=O) groups is 3. The quantitative estimate of drug-likeness (QED) is 0.390. The lowest BCUT2D eigenvalue weighted by atomic mass is 9.95. The molecule has 1 aliphatic rings. The van der Waals surface area contributed by atoms with Crippen LogP contribution in [0.15, 0.2) is 24.3 Å². The van der Waals surface area contributed by atoms with Gasteiger partial charge < -0.3 is 21.1 Å². The Balaban J connectivity index is 2.13. The zero-order valence-electron chi connectivity index (χ0n) is 17.5. The number of thiophene rings is 1. The number of aryl methyl sites for hydroxylation is 1. The lowest BCUT2D eigenvalue weighted by molar-refractivity contribution is -0.204. The topological polar surface area (TPSA) is 111 Å². The minimum Gasteiger partial charge on any atom is -0.463 e. The first-order valence-electron chi connectivity index (χ1n) is 10.0. The van der Waals surface area contributed by atoms with E-state index < -0.39 is 29.6 Å². The molecule has 1 atom stereocenters. The second-order valence-corrected chi connectivity index (χ2v) is 8.88. The summed E-state index contributed by atoms with van der Waals surface area (Å²) in [7, 11) is 0. The minimum atomic E-state index is -5.35. The number of hydrogen-bond acceptors (Lipinski definition) is 6. The second-order valence-electron chi connectivity index (χ2n) is 7.34. The highest BCUT2D eigenvalue weighted by Gasteiger charge is 2.64. The van der Waals surface area contributed by atoms with Crippen LogP contribution < -0.4 is 16.4 Å². The first-order valence-corrected chi connectivity index (χ1v) is 11.2. The number of nitrogens with one attached hydrogen (secondary N) is 2. The lowest BCUT2D eigenvalue weighted by Gasteiger charge is -2.35. The molecule has 0 saturated carbocycles. The van der Waals surface area contributed by atoms with Gasteiger partial charge in [0.25, 0.3) is 11.8 Å². The number of primary amides is 1. The molecule has 0 radical (unpaired) electrons. The molecule has 1 aromatic heterocycles. The van der Waals surface area contributed by atoms with Crippen molar-refractivity contribution in [1.29, 1.82) is 0 Å². The molecule has 12 heteroatoms. The molecule has 0 unspecified atom stereocenters. The van der Waals surface area contributed by atoms with E-state index in [1.165, 1.54) is 25.1 Å². The summed E-state index contributed by atoms with van der Waals surface area (Å²) in [5.74, 6) is -3.94. The molecule has 2 aromatic rings. The van der Waals surface area contributed by atoms with E-state index in [-0.39, 0.29) is 27.8 Å². The first-order chi connectivity index (χ1) is 15.5. The molecule has 1 aliphatic carbocycles. The van der Waals surface area contributed by atoms with Crippen LogP contribution in [0, 0.1) is 0 Å². The number of alkyl halides is 3. The van der Waals surface area contributed by atoms with Crippen molar-refractivity contribution in [3.8, 4) is 0 Å². The van der Waals surface area contributed by atoms with Crippen molar-refractivity contribution >= 4 is 45.7 Å². The van der Waals surface area contributed by atoms with Gasteiger partial charge in [-0.3, -0.25) is 9.59 Å². The van der Waals surface area contributed by atoms with Crippen LogP contribution in [-0.2, 0) is 22.4 Å². The predicted molar refractivity (Wildman–Crippen MR) is 117 cm³/mol. The Labute approximate surface area is 196 Å². The van der Waals surface area contributed by atoms with Gasteiger partial charge in [-0.15, -0.1) is 11.3 Å². The molecule has 33 heavy (non-hydrogen) atoms. The fourth-order valence-electron chi connectivity index (χ4n) is 3.59. The van der Waals surface area contributed by atoms with Crippen LogP contribution in [-0.4, -0.2) is 36.2 Å². The second kappa shape index (κ2) is 9.60. The summed E-state index contributed by atoms with van der Waals surface area (Å²) in [6, 6.07) is 5.21. The SMILES string of the molecule is CCOC(=O)[C@](NC(=O)c1cccc(Cl)c1)(Nc1sc2c(c1C(N)=O)CCCC2)C(F)(F)F. The Morgan fingerprint density at radius 2 is 1.91 bits per heavy atom. The number of halogens is 4. The molecule has 0 spiro atoms. The van der Waals surface area contributed by atoms with Gasteiger partial charge >= 0.3 is 17.8 Å². The molecule has 4 N–H and O–H groups in total. The van der Waals surface area contributed by atoms with Gasteiger partial charge in [0.05, 0.1) is 12.2 Å². The number of anilines is 1. The van der Waals surface area contributed by atoms with Crippen molar-refractivity contribution in [3.05, 3.63) is 50.9 Å². The van der Waals surface area contributed by atoms with E-state index in [1.54, 1.807) is 5.32 Å². The molecule has 1 aromatic carbocycles. The van der Waals surface area contributed by atoms with E-state index in [4.69, 9.17) is 22.1 Å². The normalized spacial score (nSPS) is 15.2. The largest absolute Gasteiger partial charge is 0.463 e. The number of rotatable bonds is 7. The number of hydrogen-bond donors (Lipinski definition) is 3. The first kappa shape index (κ1) is 24.8. The summed E-state index contributed by atoms with van der Waals surface area (Å²) in [5, 5.41) is 3.69. The van der Waals surface area contributed by atoms with Crippen LogP contribution in [0.25, 0.3) is 0 Å². The Hall–Kier alpha value is -2.79. The molecule has 1 heterocycles. The van der Waals surface area contributed by atoms with E-state index in [0.717, 1.165) is 30.2 Å². The van der Waals surface area contributed by atoms with Crippen molar-refractivity contribution in [2.45, 2.75) is 44.4 Å². The third-order valence-electron chi connectivity index (χ3n) is 5.11. The van der Waals surface area contributed by atoms with Gasteiger partial charge in [-0.05, 0) is 56.4 Å². The molecule has 3 rings (SSSR count). The Morgan fingerprint density at radius 1 is 1.21 bits per heavy atom. The Bertz CT molecular complexity index is 1090. The van der Waals surface area contributed by atoms with Crippen molar-refractivity contribution in [2.24, 2.45) is 5.73 Å². The highest BCUT2D eigenvalue weighted by Crippen LogP contribution is 2.42. The number of fused-ring (bicyclic) bond motifs is 1. The van der Waals surface area contributed by atoms with E-state index in [1.807, 2.05) is 0 Å². The van der Waals surface area contributed by atoms with Crippen molar-refractivity contribution in [1.82, 2.24) is 5.32 Å². The zero-order valence-corrected chi connectivity index (χ0v) is 19.0. The van der Waals surface area contributed by atoms with Gasteiger partial charge in [0, 0.05) is 15.5 Å². The third kappa shape index (κ3) is 4.93. The van der Waals surface area contributed by atoms with Gasteiger partial charge in [-0.25, -0.2) is 4.79 Å². The van der Waals surface area contributed by atoms with Crippen LogP contribution in [0.2, 0.25) is 5.02 Å². The summed E-state index contributed by atoms with van der Waals surface area (Å²) in [6.07, 6.45) is -2.77. The summed E-state index contributed by atoms with van der Waals surface area (Å²) < 4.78 is 48.2. The van der Waals surface area contributed by atoms with Gasteiger partial charge in [-0.1, -0.05) is 17.7 Å². The highest BCUT2D eigenvalue weighted by molar-refractivity contribution is 7.16. The molecule has 0 bridgehead atoms. The monoisotopic (exact) mass is 503 g/mol. The molecule has 7 nitrogen and oxygen atoms in total. The van der Waals surface area contributed by atoms with Gasteiger partial charge in [0.2, 0.25) is 0 Å². The maximum Gasteiger partial charge on any atom is 0.441 e. The van der Waals surface area contributed by atoms with Crippen LogP contribution in [0.5, 0.6) is 0 Å². The Morgan fingerprint density at radius 3 is 2.52 bits per heavy atom. The summed E-state index contributed by atoms with van der Waals surface area (Å²) >= 11 is 6.75. The molecule has 0 saturated heterocycles. The maximum atomic E-state index is 14.5. The van der Waals surface area contributed by atoms with E-state index in [0.29, 0.717) is 23.3 Å². The molecular formula is C21H21ClF3N3O4S. The maximum absolute atomic E-state index is 14.5. The number of ether oxygens (including phenoxy) is 1. The number of benzene rings is 1. The van der Waals surface area contributed by atoms with Crippen LogP contribution in [0.4, 0.5) is 18.2 Å². The third-order valence-corrected chi connectivity index (χ3v) is 6.56. The minimum absolute atomic E-state index is 0.117. The van der Waals surface area contributed by atoms with Gasteiger partial charge in [0.15, 0.2) is 0 Å². The summed E-state index contributed by atoms with van der Waals surface area (Å²) in [4.78, 5) is 38.3. The van der Waals surface area contributed by atoms with Gasteiger partial charge in [-0.2, -0.15) is 13.2 Å².